The predicted molar refractivity (Wildman–Crippen MR) is 96.3 cm³/mol. The fourth-order valence-electron chi connectivity index (χ4n) is 3.15. The second-order valence-electron chi connectivity index (χ2n) is 6.33. The van der Waals surface area contributed by atoms with Gasteiger partial charge in [0.05, 0.1) is 13.2 Å². The zero-order valence-corrected chi connectivity index (χ0v) is 15.6. The quantitative estimate of drug-likeness (QED) is 0.747. The van der Waals surface area contributed by atoms with Gasteiger partial charge in [-0.25, -0.2) is 9.44 Å². The van der Waals surface area contributed by atoms with E-state index in [-0.39, 0.29) is 6.04 Å². The first-order chi connectivity index (χ1) is 11.5. The van der Waals surface area contributed by atoms with Crippen molar-refractivity contribution in [2.24, 2.45) is 5.92 Å². The van der Waals surface area contributed by atoms with Crippen molar-refractivity contribution in [3.63, 3.8) is 0 Å². The average molecular weight is 356 g/mol. The van der Waals surface area contributed by atoms with Gasteiger partial charge in [-0.1, -0.05) is 32.0 Å². The highest BCUT2D eigenvalue weighted by Crippen LogP contribution is 2.31. The van der Waals surface area contributed by atoms with Crippen LogP contribution in [0.2, 0.25) is 0 Å². The SMILES string of the molecule is CCNS(=O)(=O)NCC(c1ccccc1OC)N1CCC(C)CC1. The number of benzene rings is 1. The highest BCUT2D eigenvalue weighted by molar-refractivity contribution is 7.87. The molecule has 1 fully saturated rings. The van der Waals surface area contributed by atoms with Crippen LogP contribution in [-0.2, 0) is 10.2 Å². The molecule has 2 N–H and O–H groups in total. The Hall–Kier alpha value is -1.15. The summed E-state index contributed by atoms with van der Waals surface area (Å²) in [5.41, 5.74) is 1.02. The third-order valence-corrected chi connectivity index (χ3v) is 5.77. The summed E-state index contributed by atoms with van der Waals surface area (Å²) in [5, 5.41) is 0. The fourth-order valence-corrected chi connectivity index (χ4v) is 4.01. The lowest BCUT2D eigenvalue weighted by Crippen LogP contribution is -2.44. The average Bonchev–Trinajstić information content (AvgIpc) is 2.57. The topological polar surface area (TPSA) is 70.7 Å². The molecule has 0 aliphatic carbocycles. The molecule has 0 bridgehead atoms. The van der Waals surface area contributed by atoms with Crippen LogP contribution in [0.15, 0.2) is 24.3 Å². The van der Waals surface area contributed by atoms with Crippen molar-refractivity contribution in [2.45, 2.75) is 32.7 Å². The van der Waals surface area contributed by atoms with Crippen LogP contribution in [0.5, 0.6) is 5.75 Å². The van der Waals surface area contributed by atoms with Crippen LogP contribution in [0, 0.1) is 5.92 Å². The van der Waals surface area contributed by atoms with Crippen LogP contribution in [0.4, 0.5) is 0 Å². The number of hydrogen-bond acceptors (Lipinski definition) is 4. The first kappa shape index (κ1) is 19.2. The maximum absolute atomic E-state index is 12.0. The van der Waals surface area contributed by atoms with Gasteiger partial charge < -0.3 is 4.74 Å². The molecule has 1 aromatic rings. The minimum absolute atomic E-state index is 0.0397. The normalized spacial score (nSPS) is 18.5. The van der Waals surface area contributed by atoms with E-state index in [1.54, 1.807) is 14.0 Å². The number of para-hydroxylation sites is 1. The number of hydrogen-bond donors (Lipinski definition) is 2. The number of nitrogens with one attached hydrogen (secondary N) is 2. The monoisotopic (exact) mass is 355 g/mol. The number of likely N-dealkylation sites (tertiary alicyclic amines) is 1. The number of methoxy groups -OCH3 is 1. The van der Waals surface area contributed by atoms with E-state index in [0.717, 1.165) is 43.2 Å². The van der Waals surface area contributed by atoms with Gasteiger partial charge in [-0.05, 0) is 37.9 Å². The first-order valence-corrected chi connectivity index (χ1v) is 10.1. The van der Waals surface area contributed by atoms with E-state index in [4.69, 9.17) is 4.74 Å². The van der Waals surface area contributed by atoms with E-state index < -0.39 is 10.2 Å². The molecular formula is C17H29N3O3S. The molecular weight excluding hydrogens is 326 g/mol. The number of piperidine rings is 1. The molecule has 1 heterocycles. The minimum Gasteiger partial charge on any atom is -0.496 e. The molecule has 1 aliphatic heterocycles. The zero-order chi connectivity index (χ0) is 17.6. The van der Waals surface area contributed by atoms with Gasteiger partial charge in [0.25, 0.3) is 10.2 Å². The Bertz CT molecular complexity index is 613. The summed E-state index contributed by atoms with van der Waals surface area (Å²) in [4.78, 5) is 2.35. The largest absolute Gasteiger partial charge is 0.496 e. The summed E-state index contributed by atoms with van der Waals surface area (Å²) in [7, 11) is -1.82. The summed E-state index contributed by atoms with van der Waals surface area (Å²) < 4.78 is 34.6. The van der Waals surface area contributed by atoms with Crippen LogP contribution in [0.1, 0.15) is 38.3 Å². The molecule has 6 nitrogen and oxygen atoms in total. The molecule has 0 saturated carbocycles. The first-order valence-electron chi connectivity index (χ1n) is 8.58. The van der Waals surface area contributed by atoms with E-state index in [2.05, 4.69) is 21.3 Å². The van der Waals surface area contributed by atoms with E-state index >= 15 is 0 Å². The Balaban J connectivity index is 2.21. The Morgan fingerprint density at radius 2 is 1.92 bits per heavy atom. The van der Waals surface area contributed by atoms with Crippen molar-refractivity contribution in [1.82, 2.24) is 14.3 Å². The molecule has 7 heteroatoms. The van der Waals surface area contributed by atoms with E-state index in [9.17, 15) is 8.42 Å². The minimum atomic E-state index is -3.47. The lowest BCUT2D eigenvalue weighted by Gasteiger charge is -2.37. The van der Waals surface area contributed by atoms with E-state index in [1.807, 2.05) is 24.3 Å². The molecule has 1 atom stereocenters. The molecule has 0 aromatic heterocycles. The molecule has 24 heavy (non-hydrogen) atoms. The van der Waals surface area contributed by atoms with Crippen molar-refractivity contribution in [2.75, 3.05) is 33.3 Å². The summed E-state index contributed by atoms with van der Waals surface area (Å²) in [6.07, 6.45) is 2.26. The van der Waals surface area contributed by atoms with Gasteiger partial charge >= 0.3 is 0 Å². The van der Waals surface area contributed by atoms with Gasteiger partial charge in [0.2, 0.25) is 0 Å². The molecule has 1 saturated heterocycles. The smallest absolute Gasteiger partial charge is 0.276 e. The van der Waals surface area contributed by atoms with Crippen molar-refractivity contribution in [3.05, 3.63) is 29.8 Å². The van der Waals surface area contributed by atoms with Crippen molar-refractivity contribution < 1.29 is 13.2 Å². The molecule has 1 unspecified atom stereocenters. The second kappa shape index (κ2) is 8.80. The van der Waals surface area contributed by atoms with Gasteiger partial charge in [-0.2, -0.15) is 8.42 Å². The summed E-state index contributed by atoms with van der Waals surface area (Å²) >= 11 is 0. The molecule has 136 valence electrons. The van der Waals surface area contributed by atoms with Crippen molar-refractivity contribution in [3.8, 4) is 5.75 Å². The Kier molecular flexibility index (Phi) is 7.03. The lowest BCUT2D eigenvalue weighted by atomic mass is 9.95. The van der Waals surface area contributed by atoms with Crippen LogP contribution in [0.25, 0.3) is 0 Å². The maximum atomic E-state index is 12.0. The maximum Gasteiger partial charge on any atom is 0.276 e. The van der Waals surface area contributed by atoms with Gasteiger partial charge in [-0.15, -0.1) is 0 Å². The molecule has 1 aliphatic rings. The van der Waals surface area contributed by atoms with Crippen molar-refractivity contribution in [1.29, 1.82) is 0 Å². The van der Waals surface area contributed by atoms with Gasteiger partial charge in [0.15, 0.2) is 0 Å². The molecule has 0 radical (unpaired) electrons. The molecule has 2 rings (SSSR count). The zero-order valence-electron chi connectivity index (χ0n) is 14.8. The van der Waals surface area contributed by atoms with Crippen LogP contribution in [-0.4, -0.2) is 46.6 Å². The Morgan fingerprint density at radius 3 is 2.54 bits per heavy atom. The third-order valence-electron chi connectivity index (χ3n) is 4.56. The number of nitrogens with zero attached hydrogens (tertiary/aromatic N) is 1. The number of ether oxygens (including phenoxy) is 1. The van der Waals surface area contributed by atoms with Crippen LogP contribution in [0.3, 0.4) is 0 Å². The Morgan fingerprint density at radius 1 is 1.25 bits per heavy atom. The highest BCUT2D eigenvalue weighted by atomic mass is 32.2. The lowest BCUT2D eigenvalue weighted by molar-refractivity contribution is 0.137. The summed E-state index contributed by atoms with van der Waals surface area (Å²) in [6.45, 7) is 6.66. The molecule has 0 amide bonds. The van der Waals surface area contributed by atoms with E-state index in [0.29, 0.717) is 13.1 Å². The van der Waals surface area contributed by atoms with Gasteiger partial charge in [-0.3, -0.25) is 4.90 Å². The molecule has 0 spiro atoms. The third kappa shape index (κ3) is 5.17. The summed E-state index contributed by atoms with van der Waals surface area (Å²) in [5.74, 6) is 1.52. The van der Waals surface area contributed by atoms with Gasteiger partial charge in [0.1, 0.15) is 5.75 Å². The van der Waals surface area contributed by atoms with Gasteiger partial charge in [0, 0.05) is 18.7 Å². The summed E-state index contributed by atoms with van der Waals surface area (Å²) in [6, 6.07) is 7.80. The Labute approximate surface area is 145 Å². The fraction of sp³-hybridized carbons (Fsp3) is 0.647. The number of rotatable bonds is 8. The highest BCUT2D eigenvalue weighted by Gasteiger charge is 2.27. The van der Waals surface area contributed by atoms with E-state index in [1.165, 1.54) is 0 Å². The van der Waals surface area contributed by atoms with Crippen LogP contribution >= 0.6 is 0 Å². The standard InChI is InChI=1S/C17H29N3O3S/c1-4-18-24(21,22)19-13-16(20-11-9-14(2)10-12-20)15-7-5-6-8-17(15)23-3/h5-8,14,16,18-19H,4,9-13H2,1-3H3. The molecule has 1 aromatic carbocycles. The van der Waals surface area contributed by atoms with Crippen molar-refractivity contribution >= 4 is 10.2 Å². The predicted octanol–water partition coefficient (Wildman–Crippen LogP) is 1.91. The van der Waals surface area contributed by atoms with Crippen LogP contribution < -0.4 is 14.2 Å². The second-order valence-corrected chi connectivity index (χ2v) is 7.91.